The number of nitrogens with two attached hydrogens (primary N) is 1. The fourth-order valence-electron chi connectivity index (χ4n) is 2.74. The summed E-state index contributed by atoms with van der Waals surface area (Å²) in [5.74, 6) is 6.39. The molecule has 3 nitrogen and oxygen atoms in total. The SMILES string of the molecule is CN(Cc1cccc(C#CCN)c1)C(=O)C1CCCC1. The molecule has 1 aliphatic carbocycles. The van der Waals surface area contributed by atoms with Crippen LogP contribution in [0.4, 0.5) is 0 Å². The van der Waals surface area contributed by atoms with Crippen molar-refractivity contribution in [1.29, 1.82) is 0 Å². The second-order valence-corrected chi connectivity index (χ2v) is 5.38. The van der Waals surface area contributed by atoms with Gasteiger partial charge in [0.15, 0.2) is 0 Å². The van der Waals surface area contributed by atoms with Crippen molar-refractivity contribution in [3.8, 4) is 11.8 Å². The molecule has 106 valence electrons. The molecule has 0 aliphatic heterocycles. The molecule has 2 N–H and O–H groups in total. The van der Waals surface area contributed by atoms with E-state index in [1.807, 2.05) is 36.2 Å². The van der Waals surface area contributed by atoms with Crippen molar-refractivity contribution < 1.29 is 4.79 Å². The Bertz CT molecular complexity index is 521. The van der Waals surface area contributed by atoms with E-state index in [1.165, 1.54) is 12.8 Å². The van der Waals surface area contributed by atoms with E-state index in [-0.39, 0.29) is 11.8 Å². The summed E-state index contributed by atoms with van der Waals surface area (Å²) in [4.78, 5) is 14.1. The van der Waals surface area contributed by atoms with Crippen LogP contribution in [0.15, 0.2) is 24.3 Å². The molecule has 0 aromatic heterocycles. The van der Waals surface area contributed by atoms with Crippen molar-refractivity contribution in [3.63, 3.8) is 0 Å². The molecule has 1 amide bonds. The van der Waals surface area contributed by atoms with E-state index in [0.717, 1.165) is 24.0 Å². The second kappa shape index (κ2) is 7.12. The van der Waals surface area contributed by atoms with E-state index in [2.05, 4.69) is 11.8 Å². The highest BCUT2D eigenvalue weighted by atomic mass is 16.2. The minimum atomic E-state index is 0.236. The van der Waals surface area contributed by atoms with Crippen molar-refractivity contribution in [2.75, 3.05) is 13.6 Å². The minimum absolute atomic E-state index is 0.236. The summed E-state index contributed by atoms with van der Waals surface area (Å²) in [7, 11) is 1.89. The van der Waals surface area contributed by atoms with E-state index in [4.69, 9.17) is 5.73 Å². The van der Waals surface area contributed by atoms with Crippen LogP contribution < -0.4 is 5.73 Å². The van der Waals surface area contributed by atoms with E-state index in [1.54, 1.807) is 0 Å². The zero-order chi connectivity index (χ0) is 14.4. The Balaban J connectivity index is 1.99. The number of hydrogen-bond acceptors (Lipinski definition) is 2. The van der Waals surface area contributed by atoms with Gasteiger partial charge in [0.05, 0.1) is 6.54 Å². The third kappa shape index (κ3) is 3.85. The van der Waals surface area contributed by atoms with Crippen molar-refractivity contribution in [1.82, 2.24) is 4.90 Å². The van der Waals surface area contributed by atoms with Crippen molar-refractivity contribution in [3.05, 3.63) is 35.4 Å². The molecule has 0 heterocycles. The van der Waals surface area contributed by atoms with Crippen LogP contribution in [0.1, 0.15) is 36.8 Å². The maximum atomic E-state index is 12.3. The molecule has 1 fully saturated rings. The number of hydrogen-bond donors (Lipinski definition) is 1. The fraction of sp³-hybridized carbons (Fsp3) is 0.471. The number of carbonyl (C=O) groups is 1. The Morgan fingerprint density at radius 2 is 2.15 bits per heavy atom. The van der Waals surface area contributed by atoms with Gasteiger partial charge in [-0.15, -0.1) is 0 Å². The lowest BCUT2D eigenvalue weighted by Crippen LogP contribution is -2.31. The first kappa shape index (κ1) is 14.6. The topological polar surface area (TPSA) is 46.3 Å². The summed E-state index contributed by atoms with van der Waals surface area (Å²) in [6.07, 6.45) is 4.47. The minimum Gasteiger partial charge on any atom is -0.341 e. The summed E-state index contributed by atoms with van der Waals surface area (Å²) in [6.45, 7) is 1.01. The van der Waals surface area contributed by atoms with E-state index in [0.29, 0.717) is 13.1 Å². The Kier molecular flexibility index (Phi) is 5.20. The third-order valence-corrected chi connectivity index (χ3v) is 3.76. The van der Waals surface area contributed by atoms with Gasteiger partial charge in [-0.25, -0.2) is 0 Å². The molecule has 1 aromatic carbocycles. The number of amides is 1. The molecule has 1 aromatic rings. The average molecular weight is 270 g/mol. The van der Waals surface area contributed by atoms with Crippen molar-refractivity contribution >= 4 is 5.91 Å². The molecule has 20 heavy (non-hydrogen) atoms. The number of rotatable bonds is 3. The first-order valence-corrected chi connectivity index (χ1v) is 7.23. The van der Waals surface area contributed by atoms with Crippen LogP contribution in [0.2, 0.25) is 0 Å². The maximum Gasteiger partial charge on any atom is 0.225 e. The third-order valence-electron chi connectivity index (χ3n) is 3.76. The molecule has 0 atom stereocenters. The Labute approximate surface area is 121 Å². The number of nitrogens with zero attached hydrogens (tertiary/aromatic N) is 1. The second-order valence-electron chi connectivity index (χ2n) is 5.38. The maximum absolute atomic E-state index is 12.3. The lowest BCUT2D eigenvalue weighted by atomic mass is 10.1. The van der Waals surface area contributed by atoms with Gasteiger partial charge < -0.3 is 10.6 Å². The molecular formula is C17H22N2O. The van der Waals surface area contributed by atoms with Crippen LogP contribution in [-0.4, -0.2) is 24.4 Å². The predicted octanol–water partition coefficient (Wildman–Crippen LogP) is 2.15. The summed E-state index contributed by atoms with van der Waals surface area (Å²) < 4.78 is 0. The van der Waals surface area contributed by atoms with E-state index < -0.39 is 0 Å². The quantitative estimate of drug-likeness (QED) is 0.855. The molecular weight excluding hydrogens is 248 g/mol. The van der Waals surface area contributed by atoms with Crippen LogP contribution in [0.3, 0.4) is 0 Å². The summed E-state index contributed by atoms with van der Waals surface area (Å²) in [5, 5.41) is 0. The smallest absolute Gasteiger partial charge is 0.225 e. The summed E-state index contributed by atoms with van der Waals surface area (Å²) in [6, 6.07) is 8.00. The molecule has 0 radical (unpaired) electrons. The van der Waals surface area contributed by atoms with Gasteiger partial charge in [-0.05, 0) is 30.5 Å². The average Bonchev–Trinajstić information content (AvgIpc) is 2.98. The van der Waals surface area contributed by atoms with Gasteiger partial charge >= 0.3 is 0 Å². The molecule has 0 saturated heterocycles. The van der Waals surface area contributed by atoms with Gasteiger partial charge in [0, 0.05) is 25.1 Å². The van der Waals surface area contributed by atoms with Crippen molar-refractivity contribution in [2.45, 2.75) is 32.2 Å². The van der Waals surface area contributed by atoms with Crippen LogP contribution in [-0.2, 0) is 11.3 Å². The largest absolute Gasteiger partial charge is 0.341 e. The molecule has 0 spiro atoms. The van der Waals surface area contributed by atoms with Gasteiger partial charge in [-0.1, -0.05) is 36.8 Å². The van der Waals surface area contributed by atoms with E-state index >= 15 is 0 Å². The lowest BCUT2D eigenvalue weighted by Gasteiger charge is -2.21. The van der Waals surface area contributed by atoms with Crippen LogP contribution in [0.25, 0.3) is 0 Å². The highest BCUT2D eigenvalue weighted by Gasteiger charge is 2.25. The van der Waals surface area contributed by atoms with Crippen LogP contribution in [0.5, 0.6) is 0 Å². The molecule has 2 rings (SSSR count). The van der Waals surface area contributed by atoms with E-state index in [9.17, 15) is 4.79 Å². The van der Waals surface area contributed by atoms with Gasteiger partial charge in [0.1, 0.15) is 0 Å². The highest BCUT2D eigenvalue weighted by Crippen LogP contribution is 2.26. The van der Waals surface area contributed by atoms with Gasteiger partial charge in [0.25, 0.3) is 0 Å². The predicted molar refractivity (Wildman–Crippen MR) is 80.8 cm³/mol. The standard InChI is InChI=1S/C17H22N2O/c1-19(17(20)16-9-2-3-10-16)13-15-7-4-6-14(12-15)8-5-11-18/h4,6-7,12,16H,2-3,9-11,13,18H2,1H3. The van der Waals surface area contributed by atoms with Gasteiger partial charge in [-0.2, -0.15) is 0 Å². The molecule has 3 heteroatoms. The Morgan fingerprint density at radius 3 is 2.85 bits per heavy atom. The van der Waals surface area contributed by atoms with Crippen LogP contribution in [0, 0.1) is 17.8 Å². The monoisotopic (exact) mass is 270 g/mol. The molecule has 0 bridgehead atoms. The van der Waals surface area contributed by atoms with Gasteiger partial charge in [-0.3, -0.25) is 4.79 Å². The van der Waals surface area contributed by atoms with Crippen LogP contribution >= 0.6 is 0 Å². The normalized spacial score (nSPS) is 14.7. The van der Waals surface area contributed by atoms with Gasteiger partial charge in [0.2, 0.25) is 5.91 Å². The summed E-state index contributed by atoms with van der Waals surface area (Å²) in [5.41, 5.74) is 7.45. The summed E-state index contributed by atoms with van der Waals surface area (Å²) >= 11 is 0. The lowest BCUT2D eigenvalue weighted by molar-refractivity contribution is -0.134. The highest BCUT2D eigenvalue weighted by molar-refractivity contribution is 5.78. The molecule has 1 saturated carbocycles. The first-order valence-electron chi connectivity index (χ1n) is 7.23. The number of benzene rings is 1. The number of carbonyl (C=O) groups excluding carboxylic acids is 1. The fourth-order valence-corrected chi connectivity index (χ4v) is 2.74. The molecule has 1 aliphatic rings. The zero-order valence-electron chi connectivity index (χ0n) is 12.1. The molecule has 0 unspecified atom stereocenters. The zero-order valence-corrected chi connectivity index (χ0v) is 12.1. The first-order chi connectivity index (χ1) is 9.70. The Hall–Kier alpha value is -1.79. The Morgan fingerprint density at radius 1 is 1.40 bits per heavy atom. The van der Waals surface area contributed by atoms with Crippen molar-refractivity contribution in [2.24, 2.45) is 11.7 Å².